The number of amides is 3. The fraction of sp³-hybridized carbons (Fsp3) is 0.571. The molecule has 2 aliphatic rings. The Balaban J connectivity index is 1.83. The van der Waals surface area contributed by atoms with Crippen molar-refractivity contribution in [2.75, 3.05) is 19.6 Å². The highest BCUT2D eigenvalue weighted by Gasteiger charge is 2.47. The standard InChI is InChI=1S/C21H27F2N3O4/c1-4-13(2)11-24-12-17-25(10-9-18(27)26(17)14(3)19(24)28)20(29)15-5-7-16(8-6-15)30-21(22)23/h5-8,13-14,17,21H,4,9-12H2,1-3H3. The fourth-order valence-electron chi connectivity index (χ4n) is 3.99. The molecule has 0 aliphatic carbocycles. The van der Waals surface area contributed by atoms with Crippen LogP contribution < -0.4 is 4.74 Å². The number of hydrogen-bond donors (Lipinski definition) is 0. The minimum atomic E-state index is -2.94. The van der Waals surface area contributed by atoms with Crippen LogP contribution in [0.1, 0.15) is 44.0 Å². The highest BCUT2D eigenvalue weighted by atomic mass is 19.3. The largest absolute Gasteiger partial charge is 0.435 e. The van der Waals surface area contributed by atoms with Gasteiger partial charge in [0.1, 0.15) is 18.0 Å². The third-order valence-electron chi connectivity index (χ3n) is 5.82. The van der Waals surface area contributed by atoms with Gasteiger partial charge in [0.15, 0.2) is 0 Å². The normalized spacial score (nSPS) is 22.9. The second-order valence-electron chi connectivity index (χ2n) is 7.87. The van der Waals surface area contributed by atoms with Crippen LogP contribution in [0.25, 0.3) is 0 Å². The second kappa shape index (κ2) is 8.97. The van der Waals surface area contributed by atoms with Gasteiger partial charge in [-0.15, -0.1) is 0 Å². The van der Waals surface area contributed by atoms with Gasteiger partial charge < -0.3 is 19.4 Å². The van der Waals surface area contributed by atoms with Gasteiger partial charge in [0.2, 0.25) is 11.8 Å². The van der Waals surface area contributed by atoms with Crippen molar-refractivity contribution >= 4 is 17.7 Å². The molecule has 30 heavy (non-hydrogen) atoms. The molecule has 2 saturated heterocycles. The molecule has 9 heteroatoms. The van der Waals surface area contributed by atoms with E-state index in [-0.39, 0.29) is 43.0 Å². The van der Waals surface area contributed by atoms with Crippen LogP contribution in [0.3, 0.4) is 0 Å². The molecule has 3 unspecified atom stereocenters. The van der Waals surface area contributed by atoms with E-state index >= 15 is 0 Å². The Kier molecular flexibility index (Phi) is 6.58. The fourth-order valence-corrected chi connectivity index (χ4v) is 3.99. The Labute approximate surface area is 174 Å². The molecule has 0 bridgehead atoms. The van der Waals surface area contributed by atoms with Crippen molar-refractivity contribution in [3.8, 4) is 5.75 Å². The SMILES string of the molecule is CCC(C)CN1CC2N(C(=O)c3ccc(OC(F)F)cc3)CCC(=O)N2C(C)C1=O. The second-order valence-corrected chi connectivity index (χ2v) is 7.87. The van der Waals surface area contributed by atoms with Crippen molar-refractivity contribution in [1.82, 2.24) is 14.7 Å². The summed E-state index contributed by atoms with van der Waals surface area (Å²) in [4.78, 5) is 43.4. The van der Waals surface area contributed by atoms with E-state index in [2.05, 4.69) is 18.6 Å². The molecule has 7 nitrogen and oxygen atoms in total. The topological polar surface area (TPSA) is 70.2 Å². The molecule has 3 amide bonds. The number of rotatable bonds is 6. The van der Waals surface area contributed by atoms with Crippen LogP contribution in [0.15, 0.2) is 24.3 Å². The van der Waals surface area contributed by atoms with Crippen LogP contribution in [-0.4, -0.2) is 70.9 Å². The van der Waals surface area contributed by atoms with Crippen molar-refractivity contribution in [2.45, 2.75) is 52.4 Å². The molecule has 3 rings (SSSR count). The predicted molar refractivity (Wildman–Crippen MR) is 105 cm³/mol. The molecule has 0 spiro atoms. The molecule has 2 fully saturated rings. The molecule has 0 aromatic heterocycles. The summed E-state index contributed by atoms with van der Waals surface area (Å²) < 4.78 is 29.0. The molecular formula is C21H27F2N3O4. The van der Waals surface area contributed by atoms with Crippen molar-refractivity contribution in [3.63, 3.8) is 0 Å². The van der Waals surface area contributed by atoms with E-state index in [9.17, 15) is 23.2 Å². The molecule has 0 radical (unpaired) electrons. The zero-order valence-corrected chi connectivity index (χ0v) is 17.4. The zero-order valence-electron chi connectivity index (χ0n) is 17.4. The number of hydrogen-bond acceptors (Lipinski definition) is 4. The van der Waals surface area contributed by atoms with Crippen molar-refractivity contribution in [1.29, 1.82) is 0 Å². The maximum Gasteiger partial charge on any atom is 0.387 e. The van der Waals surface area contributed by atoms with E-state index in [4.69, 9.17) is 0 Å². The van der Waals surface area contributed by atoms with E-state index in [1.165, 1.54) is 29.2 Å². The Morgan fingerprint density at radius 1 is 1.23 bits per heavy atom. The Morgan fingerprint density at radius 2 is 1.90 bits per heavy atom. The van der Waals surface area contributed by atoms with Crippen LogP contribution >= 0.6 is 0 Å². The summed E-state index contributed by atoms with van der Waals surface area (Å²) in [5, 5.41) is 0. The molecule has 0 N–H and O–H groups in total. The third kappa shape index (κ3) is 4.39. The van der Waals surface area contributed by atoms with Gasteiger partial charge in [-0.05, 0) is 37.1 Å². The number of carbonyl (C=O) groups excluding carboxylic acids is 3. The Bertz CT molecular complexity index is 802. The van der Waals surface area contributed by atoms with E-state index in [0.717, 1.165) is 6.42 Å². The van der Waals surface area contributed by atoms with Gasteiger partial charge in [-0.3, -0.25) is 14.4 Å². The van der Waals surface area contributed by atoms with Gasteiger partial charge in [-0.25, -0.2) is 0 Å². The maximum absolute atomic E-state index is 13.2. The highest BCUT2D eigenvalue weighted by molar-refractivity contribution is 5.97. The summed E-state index contributed by atoms with van der Waals surface area (Å²) in [7, 11) is 0. The average molecular weight is 423 g/mol. The molecule has 1 aromatic rings. The van der Waals surface area contributed by atoms with E-state index in [1.807, 2.05) is 0 Å². The van der Waals surface area contributed by atoms with Gasteiger partial charge in [-0.2, -0.15) is 8.78 Å². The lowest BCUT2D eigenvalue weighted by Gasteiger charge is -2.51. The number of ether oxygens (including phenoxy) is 1. The summed E-state index contributed by atoms with van der Waals surface area (Å²) in [5.74, 6) is -0.297. The number of benzene rings is 1. The minimum absolute atomic E-state index is 0.0337. The van der Waals surface area contributed by atoms with Crippen LogP contribution in [0, 0.1) is 5.92 Å². The smallest absolute Gasteiger partial charge is 0.387 e. The lowest BCUT2D eigenvalue weighted by molar-refractivity contribution is -0.166. The number of piperazine rings is 1. The summed E-state index contributed by atoms with van der Waals surface area (Å²) in [5.41, 5.74) is 0.309. The molecule has 3 atom stereocenters. The summed E-state index contributed by atoms with van der Waals surface area (Å²) >= 11 is 0. The third-order valence-corrected chi connectivity index (χ3v) is 5.82. The quantitative estimate of drug-likeness (QED) is 0.705. The van der Waals surface area contributed by atoms with Crippen molar-refractivity contribution in [2.24, 2.45) is 5.92 Å². The molecule has 2 aliphatic heterocycles. The minimum Gasteiger partial charge on any atom is -0.435 e. The molecule has 1 aromatic carbocycles. The van der Waals surface area contributed by atoms with Gasteiger partial charge in [0.05, 0.1) is 6.54 Å². The van der Waals surface area contributed by atoms with Gasteiger partial charge >= 0.3 is 6.61 Å². The number of carbonyl (C=O) groups is 3. The number of halogens is 2. The van der Waals surface area contributed by atoms with Crippen LogP contribution in [0.4, 0.5) is 8.78 Å². The van der Waals surface area contributed by atoms with Crippen molar-refractivity contribution < 1.29 is 27.9 Å². The first-order valence-electron chi connectivity index (χ1n) is 10.2. The monoisotopic (exact) mass is 423 g/mol. The summed E-state index contributed by atoms with van der Waals surface area (Å²) in [6.45, 7) is 3.94. The van der Waals surface area contributed by atoms with Crippen LogP contribution in [-0.2, 0) is 9.59 Å². The first kappa shape index (κ1) is 22.0. The Morgan fingerprint density at radius 3 is 2.50 bits per heavy atom. The van der Waals surface area contributed by atoms with E-state index in [0.29, 0.717) is 18.0 Å². The van der Waals surface area contributed by atoms with Gasteiger partial charge in [-0.1, -0.05) is 20.3 Å². The van der Waals surface area contributed by atoms with Gasteiger partial charge in [0.25, 0.3) is 5.91 Å². The Hall–Kier alpha value is -2.71. The summed E-state index contributed by atoms with van der Waals surface area (Å²) in [6, 6.07) is 4.84. The van der Waals surface area contributed by atoms with E-state index < -0.39 is 18.8 Å². The molecule has 2 heterocycles. The van der Waals surface area contributed by atoms with Crippen LogP contribution in [0.5, 0.6) is 5.75 Å². The first-order chi connectivity index (χ1) is 14.2. The van der Waals surface area contributed by atoms with Crippen LogP contribution in [0.2, 0.25) is 0 Å². The highest BCUT2D eigenvalue weighted by Crippen LogP contribution is 2.28. The number of fused-ring (bicyclic) bond motifs is 1. The number of alkyl halides is 2. The zero-order chi connectivity index (χ0) is 22.0. The summed E-state index contributed by atoms with van der Waals surface area (Å²) in [6.07, 6.45) is 0.506. The maximum atomic E-state index is 13.2. The average Bonchev–Trinajstić information content (AvgIpc) is 2.71. The molecule has 164 valence electrons. The number of nitrogens with zero attached hydrogens (tertiary/aromatic N) is 3. The lowest BCUT2D eigenvalue weighted by atomic mass is 10.0. The first-order valence-corrected chi connectivity index (χ1v) is 10.2. The van der Waals surface area contributed by atoms with Crippen molar-refractivity contribution in [3.05, 3.63) is 29.8 Å². The van der Waals surface area contributed by atoms with Gasteiger partial charge in [0, 0.05) is 25.1 Å². The van der Waals surface area contributed by atoms with E-state index in [1.54, 1.807) is 16.7 Å². The molecular weight excluding hydrogens is 396 g/mol. The lowest BCUT2D eigenvalue weighted by Crippen LogP contribution is -2.70. The molecule has 0 saturated carbocycles. The predicted octanol–water partition coefficient (Wildman–Crippen LogP) is 2.57.